The summed E-state index contributed by atoms with van der Waals surface area (Å²) in [4.78, 5) is 14.6. The Morgan fingerprint density at radius 1 is 1.09 bits per heavy atom. The van der Waals surface area contributed by atoms with E-state index in [1.807, 2.05) is 66.4 Å². The van der Waals surface area contributed by atoms with Gasteiger partial charge in [-0.2, -0.15) is 0 Å². The molecular weight excluding hydrogens is 342 g/mol. The second-order valence-electron chi connectivity index (χ2n) is 5.56. The van der Waals surface area contributed by atoms with E-state index in [2.05, 4.69) is 15.9 Å². The Hall–Kier alpha value is -1.65. The van der Waals surface area contributed by atoms with E-state index in [-0.39, 0.29) is 18.1 Å². The van der Waals surface area contributed by atoms with Gasteiger partial charge in [0.25, 0.3) is 5.91 Å². The molecule has 1 aliphatic rings. The van der Waals surface area contributed by atoms with Gasteiger partial charge in [0, 0.05) is 16.6 Å². The Labute approximate surface area is 139 Å². The van der Waals surface area contributed by atoms with Gasteiger partial charge in [-0.25, -0.2) is 0 Å². The van der Waals surface area contributed by atoms with Crippen molar-refractivity contribution in [3.63, 3.8) is 0 Å². The largest absolute Gasteiger partial charge is 0.367 e. The van der Waals surface area contributed by atoms with Crippen LogP contribution in [-0.2, 0) is 4.74 Å². The summed E-state index contributed by atoms with van der Waals surface area (Å²) in [5.74, 6) is 0.0589. The molecule has 0 radical (unpaired) electrons. The van der Waals surface area contributed by atoms with Crippen molar-refractivity contribution in [2.75, 3.05) is 13.1 Å². The van der Waals surface area contributed by atoms with Crippen LogP contribution in [0.5, 0.6) is 0 Å². The molecule has 1 heterocycles. The van der Waals surface area contributed by atoms with Crippen molar-refractivity contribution < 1.29 is 9.53 Å². The van der Waals surface area contributed by atoms with E-state index in [0.717, 1.165) is 10.0 Å². The molecule has 2 aromatic carbocycles. The monoisotopic (exact) mass is 359 g/mol. The molecule has 0 aromatic heterocycles. The second kappa shape index (κ2) is 6.63. The molecule has 1 aliphatic heterocycles. The van der Waals surface area contributed by atoms with Crippen LogP contribution >= 0.6 is 15.9 Å². The summed E-state index contributed by atoms with van der Waals surface area (Å²) < 4.78 is 6.98. The average molecular weight is 360 g/mol. The van der Waals surface area contributed by atoms with Crippen molar-refractivity contribution in [3.05, 3.63) is 70.2 Å². The number of benzene rings is 2. The molecule has 0 aliphatic carbocycles. The van der Waals surface area contributed by atoms with Gasteiger partial charge in [0.05, 0.1) is 12.6 Å². The third-order valence-corrected chi connectivity index (χ3v) is 4.34. The van der Waals surface area contributed by atoms with E-state index in [4.69, 9.17) is 4.74 Å². The Kier molecular flexibility index (Phi) is 4.60. The Balaban J connectivity index is 1.78. The van der Waals surface area contributed by atoms with Crippen LogP contribution < -0.4 is 0 Å². The highest BCUT2D eigenvalue weighted by Crippen LogP contribution is 2.26. The van der Waals surface area contributed by atoms with Gasteiger partial charge in [0.15, 0.2) is 0 Å². The molecule has 1 saturated heterocycles. The molecule has 1 fully saturated rings. The minimum atomic E-state index is -0.0654. The normalized spacial score (nSPS) is 21.6. The van der Waals surface area contributed by atoms with Crippen molar-refractivity contribution in [3.8, 4) is 0 Å². The van der Waals surface area contributed by atoms with E-state index < -0.39 is 0 Å². The molecule has 2 atom stereocenters. The molecule has 0 bridgehead atoms. The maximum atomic E-state index is 12.7. The summed E-state index contributed by atoms with van der Waals surface area (Å²) in [6, 6.07) is 17.6. The molecule has 114 valence electrons. The molecule has 0 N–H and O–H groups in total. The lowest BCUT2D eigenvalue weighted by Gasteiger charge is -2.37. The van der Waals surface area contributed by atoms with Crippen molar-refractivity contribution in [2.45, 2.75) is 19.1 Å². The summed E-state index contributed by atoms with van der Waals surface area (Å²) in [6.07, 6.45) is -0.0392. The minimum Gasteiger partial charge on any atom is -0.367 e. The number of hydrogen-bond acceptors (Lipinski definition) is 2. The van der Waals surface area contributed by atoms with Crippen molar-refractivity contribution >= 4 is 21.8 Å². The van der Waals surface area contributed by atoms with Crippen LogP contribution in [0.15, 0.2) is 59.1 Å². The maximum absolute atomic E-state index is 12.7. The van der Waals surface area contributed by atoms with Crippen molar-refractivity contribution in [1.29, 1.82) is 0 Å². The molecule has 2 aromatic rings. The van der Waals surface area contributed by atoms with Gasteiger partial charge in [-0.05, 0) is 36.8 Å². The van der Waals surface area contributed by atoms with Gasteiger partial charge in [-0.3, -0.25) is 4.79 Å². The Bertz CT molecular complexity index is 642. The van der Waals surface area contributed by atoms with E-state index >= 15 is 0 Å². The minimum absolute atomic E-state index is 0.0263. The molecule has 3 nitrogen and oxygen atoms in total. The lowest BCUT2D eigenvalue weighted by atomic mass is 10.1. The quantitative estimate of drug-likeness (QED) is 0.809. The smallest absolute Gasteiger partial charge is 0.254 e. The van der Waals surface area contributed by atoms with Crippen LogP contribution in [0.4, 0.5) is 0 Å². The average Bonchev–Trinajstić information content (AvgIpc) is 2.55. The zero-order valence-corrected chi connectivity index (χ0v) is 14.0. The van der Waals surface area contributed by atoms with Crippen LogP contribution in [0.1, 0.15) is 28.9 Å². The number of morpholine rings is 1. The zero-order valence-electron chi connectivity index (χ0n) is 12.4. The van der Waals surface area contributed by atoms with E-state index in [0.29, 0.717) is 18.7 Å². The van der Waals surface area contributed by atoms with Crippen LogP contribution in [-0.4, -0.2) is 30.0 Å². The highest BCUT2D eigenvalue weighted by molar-refractivity contribution is 9.10. The predicted molar refractivity (Wildman–Crippen MR) is 89.8 cm³/mol. The lowest BCUT2D eigenvalue weighted by Crippen LogP contribution is -2.45. The SMILES string of the molecule is CC1CN(C(=O)c2ccc(Br)cc2)CC(c2ccccc2)O1. The predicted octanol–water partition coefficient (Wildman–Crippen LogP) is 4.05. The third-order valence-electron chi connectivity index (χ3n) is 3.81. The standard InChI is InChI=1S/C18H18BrNO2/c1-13-11-20(18(21)15-7-9-16(19)10-8-15)12-17(22-13)14-5-3-2-4-6-14/h2-10,13,17H,11-12H2,1H3. The van der Waals surface area contributed by atoms with Crippen LogP contribution in [0, 0.1) is 0 Å². The van der Waals surface area contributed by atoms with Gasteiger partial charge < -0.3 is 9.64 Å². The zero-order chi connectivity index (χ0) is 15.5. The number of halogens is 1. The topological polar surface area (TPSA) is 29.5 Å². The number of nitrogens with zero attached hydrogens (tertiary/aromatic N) is 1. The number of carbonyl (C=O) groups excluding carboxylic acids is 1. The van der Waals surface area contributed by atoms with Crippen LogP contribution in [0.2, 0.25) is 0 Å². The number of carbonyl (C=O) groups is 1. The van der Waals surface area contributed by atoms with Gasteiger partial charge in [-0.1, -0.05) is 46.3 Å². The van der Waals surface area contributed by atoms with Crippen molar-refractivity contribution in [1.82, 2.24) is 4.90 Å². The number of hydrogen-bond donors (Lipinski definition) is 0. The van der Waals surface area contributed by atoms with Gasteiger partial charge in [0.1, 0.15) is 6.10 Å². The maximum Gasteiger partial charge on any atom is 0.254 e. The first-order valence-corrected chi connectivity index (χ1v) is 8.18. The molecule has 4 heteroatoms. The Morgan fingerprint density at radius 3 is 2.45 bits per heavy atom. The lowest BCUT2D eigenvalue weighted by molar-refractivity contribution is -0.0691. The van der Waals surface area contributed by atoms with E-state index in [9.17, 15) is 4.79 Å². The molecule has 0 spiro atoms. The number of rotatable bonds is 2. The fraction of sp³-hybridized carbons (Fsp3) is 0.278. The van der Waals surface area contributed by atoms with Gasteiger partial charge >= 0.3 is 0 Å². The summed E-state index contributed by atoms with van der Waals surface area (Å²) in [7, 11) is 0. The number of ether oxygens (including phenoxy) is 1. The third kappa shape index (κ3) is 3.39. The summed E-state index contributed by atoms with van der Waals surface area (Å²) in [5, 5.41) is 0. The molecule has 22 heavy (non-hydrogen) atoms. The summed E-state index contributed by atoms with van der Waals surface area (Å²) >= 11 is 3.40. The first-order valence-electron chi connectivity index (χ1n) is 7.39. The summed E-state index contributed by atoms with van der Waals surface area (Å²) in [5.41, 5.74) is 1.83. The first-order chi connectivity index (χ1) is 10.6. The Morgan fingerprint density at radius 2 is 1.77 bits per heavy atom. The molecule has 1 amide bonds. The van der Waals surface area contributed by atoms with Crippen LogP contribution in [0.25, 0.3) is 0 Å². The fourth-order valence-electron chi connectivity index (χ4n) is 2.74. The highest BCUT2D eigenvalue weighted by Gasteiger charge is 2.29. The summed E-state index contributed by atoms with van der Waals surface area (Å²) in [6.45, 7) is 3.22. The molecule has 2 unspecified atom stereocenters. The van der Waals surface area contributed by atoms with Crippen LogP contribution in [0.3, 0.4) is 0 Å². The van der Waals surface area contributed by atoms with E-state index in [1.54, 1.807) is 0 Å². The highest BCUT2D eigenvalue weighted by atomic mass is 79.9. The molecular formula is C18H18BrNO2. The second-order valence-corrected chi connectivity index (χ2v) is 6.48. The fourth-order valence-corrected chi connectivity index (χ4v) is 3.01. The van der Waals surface area contributed by atoms with Gasteiger partial charge in [0.2, 0.25) is 0 Å². The van der Waals surface area contributed by atoms with Gasteiger partial charge in [-0.15, -0.1) is 0 Å². The molecule has 3 rings (SSSR count). The first kappa shape index (κ1) is 15.3. The van der Waals surface area contributed by atoms with E-state index in [1.165, 1.54) is 0 Å². The molecule has 0 saturated carbocycles. The van der Waals surface area contributed by atoms with Crippen molar-refractivity contribution in [2.24, 2.45) is 0 Å². The number of amides is 1.